The van der Waals surface area contributed by atoms with E-state index in [2.05, 4.69) is 5.32 Å². The second kappa shape index (κ2) is 7.22. The third kappa shape index (κ3) is 4.56. The summed E-state index contributed by atoms with van der Waals surface area (Å²) >= 11 is 0. The SMILES string of the molecule is CC(C)N(Cc1ccccc1)C(=O)CN1CCNC(=O)C1. The minimum absolute atomic E-state index is 0.00629. The lowest BCUT2D eigenvalue weighted by molar-refractivity contribution is -0.136. The van der Waals surface area contributed by atoms with Gasteiger partial charge in [0.2, 0.25) is 11.8 Å². The monoisotopic (exact) mass is 289 g/mol. The van der Waals surface area contributed by atoms with Gasteiger partial charge in [0, 0.05) is 25.7 Å². The molecule has 5 nitrogen and oxygen atoms in total. The van der Waals surface area contributed by atoms with Crippen LogP contribution in [0.15, 0.2) is 30.3 Å². The van der Waals surface area contributed by atoms with E-state index >= 15 is 0 Å². The van der Waals surface area contributed by atoms with E-state index in [-0.39, 0.29) is 17.9 Å². The van der Waals surface area contributed by atoms with Crippen LogP contribution in [0.25, 0.3) is 0 Å². The molecule has 0 aromatic heterocycles. The largest absolute Gasteiger partial charge is 0.354 e. The average molecular weight is 289 g/mol. The van der Waals surface area contributed by atoms with Crippen LogP contribution in [-0.4, -0.2) is 53.8 Å². The van der Waals surface area contributed by atoms with Crippen LogP contribution in [-0.2, 0) is 16.1 Å². The molecule has 1 aliphatic heterocycles. The highest BCUT2D eigenvalue weighted by molar-refractivity contribution is 5.82. The molecular formula is C16H23N3O2. The molecule has 1 N–H and O–H groups in total. The molecule has 1 heterocycles. The van der Waals surface area contributed by atoms with Crippen molar-refractivity contribution >= 4 is 11.8 Å². The molecule has 1 fully saturated rings. The highest BCUT2D eigenvalue weighted by Gasteiger charge is 2.23. The Labute approximate surface area is 125 Å². The molecule has 0 aliphatic carbocycles. The maximum absolute atomic E-state index is 12.5. The van der Waals surface area contributed by atoms with Crippen LogP contribution in [0.3, 0.4) is 0 Å². The van der Waals surface area contributed by atoms with E-state index in [9.17, 15) is 9.59 Å². The van der Waals surface area contributed by atoms with Crippen molar-refractivity contribution in [3.63, 3.8) is 0 Å². The normalized spacial score (nSPS) is 15.9. The minimum atomic E-state index is -0.00629. The van der Waals surface area contributed by atoms with Crippen molar-refractivity contribution in [2.45, 2.75) is 26.4 Å². The molecule has 21 heavy (non-hydrogen) atoms. The predicted molar refractivity (Wildman–Crippen MR) is 81.6 cm³/mol. The number of hydrogen-bond acceptors (Lipinski definition) is 3. The lowest BCUT2D eigenvalue weighted by Crippen LogP contribution is -2.51. The molecular weight excluding hydrogens is 266 g/mol. The molecule has 1 aliphatic rings. The summed E-state index contributed by atoms with van der Waals surface area (Å²) in [6.45, 7) is 6.60. The van der Waals surface area contributed by atoms with Gasteiger partial charge in [0.05, 0.1) is 13.1 Å². The number of hydrogen-bond donors (Lipinski definition) is 1. The number of carbonyl (C=O) groups is 2. The molecule has 0 unspecified atom stereocenters. The van der Waals surface area contributed by atoms with Crippen molar-refractivity contribution in [3.8, 4) is 0 Å². The molecule has 1 saturated heterocycles. The van der Waals surface area contributed by atoms with Crippen molar-refractivity contribution in [1.29, 1.82) is 0 Å². The summed E-state index contributed by atoms with van der Waals surface area (Å²) in [7, 11) is 0. The molecule has 5 heteroatoms. The Hall–Kier alpha value is -1.88. The molecule has 0 bridgehead atoms. The van der Waals surface area contributed by atoms with Crippen LogP contribution in [0.5, 0.6) is 0 Å². The Balaban J connectivity index is 1.97. The van der Waals surface area contributed by atoms with Gasteiger partial charge in [-0.2, -0.15) is 0 Å². The van der Waals surface area contributed by atoms with E-state index in [0.29, 0.717) is 26.2 Å². The maximum Gasteiger partial charge on any atom is 0.237 e. The fourth-order valence-corrected chi connectivity index (χ4v) is 2.45. The van der Waals surface area contributed by atoms with Crippen molar-refractivity contribution in [3.05, 3.63) is 35.9 Å². The number of piperazine rings is 1. The zero-order chi connectivity index (χ0) is 15.2. The second-order valence-electron chi connectivity index (χ2n) is 5.66. The van der Waals surface area contributed by atoms with Gasteiger partial charge < -0.3 is 10.2 Å². The molecule has 2 rings (SSSR count). The Morgan fingerprint density at radius 3 is 2.67 bits per heavy atom. The fraction of sp³-hybridized carbons (Fsp3) is 0.500. The molecule has 0 spiro atoms. The number of benzene rings is 1. The summed E-state index contributed by atoms with van der Waals surface area (Å²) in [4.78, 5) is 27.7. The van der Waals surface area contributed by atoms with Crippen LogP contribution in [0.2, 0.25) is 0 Å². The van der Waals surface area contributed by atoms with Gasteiger partial charge in [0.15, 0.2) is 0 Å². The van der Waals surface area contributed by atoms with Gasteiger partial charge in [-0.1, -0.05) is 30.3 Å². The zero-order valence-corrected chi connectivity index (χ0v) is 12.7. The highest BCUT2D eigenvalue weighted by atomic mass is 16.2. The summed E-state index contributed by atoms with van der Waals surface area (Å²) < 4.78 is 0. The molecule has 0 radical (unpaired) electrons. The minimum Gasteiger partial charge on any atom is -0.354 e. The van der Waals surface area contributed by atoms with Crippen molar-refractivity contribution in [2.75, 3.05) is 26.2 Å². The quantitative estimate of drug-likeness (QED) is 0.874. The Kier molecular flexibility index (Phi) is 5.33. The molecule has 0 saturated carbocycles. The van der Waals surface area contributed by atoms with Crippen LogP contribution in [0.1, 0.15) is 19.4 Å². The van der Waals surface area contributed by atoms with Crippen LogP contribution in [0.4, 0.5) is 0 Å². The first-order chi connectivity index (χ1) is 10.1. The summed E-state index contributed by atoms with van der Waals surface area (Å²) in [6, 6.07) is 10.1. The van der Waals surface area contributed by atoms with Crippen molar-refractivity contribution in [1.82, 2.24) is 15.1 Å². The molecule has 0 atom stereocenters. The number of carbonyl (C=O) groups excluding carboxylic acids is 2. The number of nitrogens with zero attached hydrogens (tertiary/aromatic N) is 2. The van der Waals surface area contributed by atoms with Gasteiger partial charge in [-0.05, 0) is 19.4 Å². The lowest BCUT2D eigenvalue weighted by atomic mass is 10.2. The van der Waals surface area contributed by atoms with Gasteiger partial charge in [-0.25, -0.2) is 0 Å². The summed E-state index contributed by atoms with van der Waals surface area (Å²) in [5.41, 5.74) is 1.12. The first kappa shape index (κ1) is 15.5. The van der Waals surface area contributed by atoms with Gasteiger partial charge >= 0.3 is 0 Å². The number of nitrogens with one attached hydrogen (secondary N) is 1. The van der Waals surface area contributed by atoms with Gasteiger partial charge in [0.25, 0.3) is 0 Å². The van der Waals surface area contributed by atoms with Gasteiger partial charge in [-0.15, -0.1) is 0 Å². The summed E-state index contributed by atoms with van der Waals surface area (Å²) in [5, 5.41) is 2.77. The third-order valence-corrected chi connectivity index (χ3v) is 3.62. The van der Waals surface area contributed by atoms with E-state index in [4.69, 9.17) is 0 Å². The summed E-state index contributed by atoms with van der Waals surface area (Å²) in [6.07, 6.45) is 0. The Bertz CT molecular complexity index is 488. The molecule has 114 valence electrons. The predicted octanol–water partition coefficient (Wildman–Crippen LogP) is 0.855. The Morgan fingerprint density at radius 2 is 2.05 bits per heavy atom. The van der Waals surface area contributed by atoms with Crippen molar-refractivity contribution < 1.29 is 9.59 Å². The van der Waals surface area contributed by atoms with Crippen LogP contribution in [0, 0.1) is 0 Å². The first-order valence-electron chi connectivity index (χ1n) is 7.38. The average Bonchev–Trinajstić information content (AvgIpc) is 2.45. The molecule has 1 aromatic carbocycles. The standard InChI is InChI=1S/C16H23N3O2/c1-13(2)19(10-14-6-4-3-5-7-14)16(21)12-18-9-8-17-15(20)11-18/h3-7,13H,8-12H2,1-2H3,(H,17,20). The zero-order valence-electron chi connectivity index (χ0n) is 12.7. The highest BCUT2D eigenvalue weighted by Crippen LogP contribution is 2.09. The van der Waals surface area contributed by atoms with E-state index in [1.165, 1.54) is 0 Å². The van der Waals surface area contributed by atoms with Crippen LogP contribution >= 0.6 is 0 Å². The molecule has 1 aromatic rings. The third-order valence-electron chi connectivity index (χ3n) is 3.62. The maximum atomic E-state index is 12.5. The lowest BCUT2D eigenvalue weighted by Gasteiger charge is -2.31. The van der Waals surface area contributed by atoms with E-state index in [1.54, 1.807) is 0 Å². The molecule has 2 amide bonds. The van der Waals surface area contributed by atoms with Gasteiger partial charge in [0.1, 0.15) is 0 Å². The fourth-order valence-electron chi connectivity index (χ4n) is 2.45. The van der Waals surface area contributed by atoms with Crippen molar-refractivity contribution in [2.24, 2.45) is 0 Å². The Morgan fingerprint density at radius 1 is 1.33 bits per heavy atom. The number of amides is 2. The topological polar surface area (TPSA) is 52.7 Å². The smallest absolute Gasteiger partial charge is 0.237 e. The van der Waals surface area contributed by atoms with E-state index in [0.717, 1.165) is 12.1 Å². The summed E-state index contributed by atoms with van der Waals surface area (Å²) in [5.74, 6) is 0.0664. The van der Waals surface area contributed by atoms with Crippen LogP contribution < -0.4 is 5.32 Å². The first-order valence-corrected chi connectivity index (χ1v) is 7.38. The van der Waals surface area contributed by atoms with E-state index < -0.39 is 0 Å². The second-order valence-corrected chi connectivity index (χ2v) is 5.66. The number of rotatable bonds is 5. The van der Waals surface area contributed by atoms with E-state index in [1.807, 2.05) is 54.0 Å². The van der Waals surface area contributed by atoms with Gasteiger partial charge in [-0.3, -0.25) is 14.5 Å².